The third-order valence-corrected chi connectivity index (χ3v) is 6.74. The number of nitrogens with zero attached hydrogens (tertiary/aromatic N) is 1. The first-order chi connectivity index (χ1) is 15.5. The van der Waals surface area contributed by atoms with Gasteiger partial charge in [0.1, 0.15) is 10.9 Å². The number of rotatable bonds is 8. The van der Waals surface area contributed by atoms with Crippen LogP contribution >= 0.6 is 24.0 Å². The number of benzene rings is 2. The number of aryl methyl sites for hydroxylation is 1. The smallest absolute Gasteiger partial charge is 0.266 e. The third-order valence-electron chi connectivity index (χ3n) is 5.36. The van der Waals surface area contributed by atoms with Crippen LogP contribution < -0.4 is 9.47 Å². The molecular weight excluding hydrogens is 442 g/mol. The number of carbonyl (C=O) groups excluding carboxylic acids is 1. The molecule has 7 heteroatoms. The molecule has 0 aliphatic carbocycles. The van der Waals surface area contributed by atoms with Crippen molar-refractivity contribution >= 4 is 40.3 Å². The van der Waals surface area contributed by atoms with Gasteiger partial charge in [-0.3, -0.25) is 9.69 Å². The van der Waals surface area contributed by atoms with Gasteiger partial charge in [0.15, 0.2) is 11.5 Å². The summed E-state index contributed by atoms with van der Waals surface area (Å²) in [6, 6.07) is 14.0. The summed E-state index contributed by atoms with van der Waals surface area (Å²) in [5.41, 5.74) is 3.18. The Kier molecular flexibility index (Phi) is 7.50. The molecule has 2 heterocycles. The van der Waals surface area contributed by atoms with Gasteiger partial charge in [0.05, 0.1) is 24.2 Å². The fraction of sp³-hybridized carbons (Fsp3) is 0.360. The van der Waals surface area contributed by atoms with E-state index in [-0.39, 0.29) is 12.0 Å². The summed E-state index contributed by atoms with van der Waals surface area (Å²) in [6.45, 7) is 6.26. The lowest BCUT2D eigenvalue weighted by Gasteiger charge is -2.18. The molecule has 5 nitrogen and oxygen atoms in total. The molecule has 0 unspecified atom stereocenters. The van der Waals surface area contributed by atoms with Gasteiger partial charge in [0.2, 0.25) is 0 Å². The standard InChI is InChI=1S/C25H27NO4S2/c1-3-28-22-13-19(10-11-21(22)30-16-18-8-6-17(2)7-9-18)14-23-24(27)26(25(31)32-23)15-20-5-4-12-29-20/h6-11,13-14,20H,3-5,12,15-16H2,1-2H3/b23-14-/t20-/m1/s1. The first kappa shape index (κ1) is 22.8. The largest absolute Gasteiger partial charge is 0.490 e. The first-order valence-electron chi connectivity index (χ1n) is 10.9. The summed E-state index contributed by atoms with van der Waals surface area (Å²) in [4.78, 5) is 15.2. The molecule has 0 aromatic heterocycles. The summed E-state index contributed by atoms with van der Waals surface area (Å²) >= 11 is 6.78. The second-order valence-corrected chi connectivity index (χ2v) is 9.52. The van der Waals surface area contributed by atoms with E-state index >= 15 is 0 Å². The Balaban J connectivity index is 1.47. The molecule has 1 atom stereocenters. The first-order valence-corrected chi connectivity index (χ1v) is 12.1. The lowest BCUT2D eigenvalue weighted by molar-refractivity contribution is -0.123. The highest BCUT2D eigenvalue weighted by Gasteiger charge is 2.34. The monoisotopic (exact) mass is 469 g/mol. The number of hydrogen-bond acceptors (Lipinski definition) is 6. The molecule has 0 radical (unpaired) electrons. The van der Waals surface area contributed by atoms with E-state index in [1.165, 1.54) is 17.3 Å². The van der Waals surface area contributed by atoms with E-state index in [1.807, 2.05) is 31.2 Å². The van der Waals surface area contributed by atoms with Crippen molar-refractivity contribution in [2.45, 2.75) is 39.4 Å². The van der Waals surface area contributed by atoms with Crippen LogP contribution in [0.3, 0.4) is 0 Å². The second kappa shape index (κ2) is 10.5. The van der Waals surface area contributed by atoms with Crippen LogP contribution in [-0.4, -0.2) is 41.0 Å². The Bertz CT molecular complexity index is 1010. The quantitative estimate of drug-likeness (QED) is 0.384. The summed E-state index contributed by atoms with van der Waals surface area (Å²) in [5, 5.41) is 0. The number of thioether (sulfide) groups is 1. The van der Waals surface area contributed by atoms with E-state index in [2.05, 4.69) is 31.2 Å². The molecule has 2 aliphatic rings. The lowest BCUT2D eigenvalue weighted by atomic mass is 10.1. The van der Waals surface area contributed by atoms with Crippen LogP contribution in [0.4, 0.5) is 0 Å². The number of ether oxygens (including phenoxy) is 3. The highest BCUT2D eigenvalue weighted by atomic mass is 32.2. The minimum absolute atomic E-state index is 0.0619. The van der Waals surface area contributed by atoms with Crippen molar-refractivity contribution in [3.05, 3.63) is 64.1 Å². The van der Waals surface area contributed by atoms with Crippen molar-refractivity contribution in [1.82, 2.24) is 4.90 Å². The maximum atomic E-state index is 12.9. The van der Waals surface area contributed by atoms with Crippen LogP contribution in [0.2, 0.25) is 0 Å². The summed E-state index contributed by atoms with van der Waals surface area (Å²) in [5.74, 6) is 1.27. The molecule has 0 spiro atoms. The van der Waals surface area contributed by atoms with Gasteiger partial charge in [-0.05, 0) is 56.0 Å². The van der Waals surface area contributed by atoms with E-state index in [4.69, 9.17) is 26.4 Å². The summed E-state index contributed by atoms with van der Waals surface area (Å²) in [6.07, 6.45) is 3.94. The predicted molar refractivity (Wildman–Crippen MR) is 132 cm³/mol. The van der Waals surface area contributed by atoms with Gasteiger partial charge in [-0.2, -0.15) is 0 Å². The minimum atomic E-state index is -0.0619. The fourth-order valence-electron chi connectivity index (χ4n) is 3.65. The van der Waals surface area contributed by atoms with Crippen molar-refractivity contribution in [1.29, 1.82) is 0 Å². The van der Waals surface area contributed by atoms with Crippen molar-refractivity contribution in [2.75, 3.05) is 19.8 Å². The number of amides is 1. The Morgan fingerprint density at radius 3 is 2.72 bits per heavy atom. The van der Waals surface area contributed by atoms with Crippen LogP contribution in [0.5, 0.6) is 11.5 Å². The van der Waals surface area contributed by atoms with Crippen LogP contribution in [-0.2, 0) is 16.1 Å². The maximum Gasteiger partial charge on any atom is 0.266 e. The van der Waals surface area contributed by atoms with Crippen LogP contribution in [0.25, 0.3) is 6.08 Å². The number of hydrogen-bond donors (Lipinski definition) is 0. The normalized spacial score (nSPS) is 19.8. The molecule has 2 aliphatic heterocycles. The molecule has 32 heavy (non-hydrogen) atoms. The van der Waals surface area contributed by atoms with Crippen LogP contribution in [0, 0.1) is 6.92 Å². The van der Waals surface area contributed by atoms with E-state index < -0.39 is 0 Å². The van der Waals surface area contributed by atoms with Gasteiger partial charge < -0.3 is 14.2 Å². The highest BCUT2D eigenvalue weighted by molar-refractivity contribution is 8.26. The number of carbonyl (C=O) groups is 1. The average molecular weight is 470 g/mol. The third kappa shape index (κ3) is 5.52. The van der Waals surface area contributed by atoms with Gasteiger partial charge in [0, 0.05) is 6.61 Å². The molecule has 1 amide bonds. The topological polar surface area (TPSA) is 48.0 Å². The van der Waals surface area contributed by atoms with Gasteiger partial charge in [0.25, 0.3) is 5.91 Å². The molecule has 2 fully saturated rings. The zero-order valence-corrected chi connectivity index (χ0v) is 20.0. The summed E-state index contributed by atoms with van der Waals surface area (Å²) < 4.78 is 18.1. The predicted octanol–water partition coefficient (Wildman–Crippen LogP) is 5.35. The van der Waals surface area contributed by atoms with Crippen molar-refractivity contribution in [3.8, 4) is 11.5 Å². The van der Waals surface area contributed by atoms with Gasteiger partial charge >= 0.3 is 0 Å². The molecular formula is C25H27NO4S2. The second-order valence-electron chi connectivity index (χ2n) is 7.84. The molecule has 0 N–H and O–H groups in total. The van der Waals surface area contributed by atoms with Crippen molar-refractivity contribution in [2.24, 2.45) is 0 Å². The average Bonchev–Trinajstić information content (AvgIpc) is 3.39. The number of thiocarbonyl (C=S) groups is 1. The fourth-order valence-corrected chi connectivity index (χ4v) is 4.92. The Morgan fingerprint density at radius 2 is 2.00 bits per heavy atom. The van der Waals surface area contributed by atoms with Crippen molar-refractivity contribution in [3.63, 3.8) is 0 Å². The van der Waals surface area contributed by atoms with E-state index in [1.54, 1.807) is 4.90 Å². The van der Waals surface area contributed by atoms with Crippen LogP contribution in [0.1, 0.15) is 36.5 Å². The molecule has 0 saturated carbocycles. The van der Waals surface area contributed by atoms with Crippen LogP contribution in [0.15, 0.2) is 47.4 Å². The molecule has 0 bridgehead atoms. The maximum absolute atomic E-state index is 12.9. The summed E-state index contributed by atoms with van der Waals surface area (Å²) in [7, 11) is 0. The SMILES string of the molecule is CCOc1cc(/C=C2\SC(=S)N(C[C@H]3CCCO3)C2=O)ccc1OCc1ccc(C)cc1. The van der Waals surface area contributed by atoms with Gasteiger partial charge in [-0.15, -0.1) is 0 Å². The lowest BCUT2D eigenvalue weighted by Crippen LogP contribution is -2.35. The molecule has 2 aromatic rings. The zero-order valence-electron chi connectivity index (χ0n) is 18.3. The molecule has 2 aromatic carbocycles. The Hall–Kier alpha value is -2.35. The van der Waals surface area contributed by atoms with E-state index in [0.29, 0.717) is 40.5 Å². The molecule has 168 valence electrons. The highest BCUT2D eigenvalue weighted by Crippen LogP contribution is 2.35. The van der Waals surface area contributed by atoms with Crippen molar-refractivity contribution < 1.29 is 19.0 Å². The zero-order chi connectivity index (χ0) is 22.5. The molecule has 4 rings (SSSR count). The van der Waals surface area contributed by atoms with Gasteiger partial charge in [-0.1, -0.05) is 59.9 Å². The Labute approximate surface area is 198 Å². The molecule has 2 saturated heterocycles. The minimum Gasteiger partial charge on any atom is -0.490 e. The Morgan fingerprint density at radius 1 is 1.19 bits per heavy atom. The van der Waals surface area contributed by atoms with E-state index in [0.717, 1.165) is 30.6 Å². The van der Waals surface area contributed by atoms with Gasteiger partial charge in [-0.25, -0.2) is 0 Å². The van der Waals surface area contributed by atoms with E-state index in [9.17, 15) is 4.79 Å².